The highest BCUT2D eigenvalue weighted by Gasteiger charge is 2.13. The molecule has 0 unspecified atom stereocenters. The number of ketones is 1. The Kier molecular flexibility index (Phi) is 6.05. The van der Waals surface area contributed by atoms with Gasteiger partial charge in [-0.1, -0.05) is 13.8 Å². The predicted octanol–water partition coefficient (Wildman–Crippen LogP) is 3.28. The van der Waals surface area contributed by atoms with Crippen molar-refractivity contribution < 1.29 is 14.3 Å². The van der Waals surface area contributed by atoms with Crippen LogP contribution in [0.2, 0.25) is 0 Å². The Balaban J connectivity index is 2.72. The summed E-state index contributed by atoms with van der Waals surface area (Å²) < 4.78 is 10.3. The molecule has 3 nitrogen and oxygen atoms in total. The van der Waals surface area contributed by atoms with E-state index in [1.807, 2.05) is 0 Å². The van der Waals surface area contributed by atoms with Crippen LogP contribution in [0.4, 0.5) is 0 Å². The molecule has 0 heterocycles. The van der Waals surface area contributed by atoms with Gasteiger partial charge in [0.25, 0.3) is 0 Å². The summed E-state index contributed by atoms with van der Waals surface area (Å²) in [7, 11) is 3.15. The van der Waals surface area contributed by atoms with Crippen LogP contribution in [0.3, 0.4) is 0 Å². The van der Waals surface area contributed by atoms with Crippen molar-refractivity contribution >= 4 is 17.5 Å². The summed E-state index contributed by atoms with van der Waals surface area (Å²) in [5.74, 6) is 3.44. The highest BCUT2D eigenvalue weighted by Crippen LogP contribution is 2.26. The van der Waals surface area contributed by atoms with Crippen molar-refractivity contribution in [3.05, 3.63) is 23.8 Å². The number of Topliss-reactive ketones (excluding diaryl/α,β-unsaturated/α-hetero) is 1. The minimum Gasteiger partial charge on any atom is -0.497 e. The van der Waals surface area contributed by atoms with Gasteiger partial charge in [-0.3, -0.25) is 4.79 Å². The molecule has 18 heavy (non-hydrogen) atoms. The zero-order valence-corrected chi connectivity index (χ0v) is 12.2. The monoisotopic (exact) mass is 268 g/mol. The first kappa shape index (κ1) is 14.9. The zero-order valence-electron chi connectivity index (χ0n) is 11.4. The fourth-order valence-electron chi connectivity index (χ4n) is 1.49. The van der Waals surface area contributed by atoms with Crippen LogP contribution in [-0.2, 0) is 0 Å². The number of hydrogen-bond acceptors (Lipinski definition) is 4. The molecule has 0 amide bonds. The van der Waals surface area contributed by atoms with E-state index in [9.17, 15) is 4.79 Å². The van der Waals surface area contributed by atoms with Gasteiger partial charge < -0.3 is 9.47 Å². The van der Waals surface area contributed by atoms with Crippen molar-refractivity contribution in [2.24, 2.45) is 5.92 Å². The van der Waals surface area contributed by atoms with Gasteiger partial charge in [0, 0.05) is 6.07 Å². The van der Waals surface area contributed by atoms with Gasteiger partial charge in [0.1, 0.15) is 11.5 Å². The quantitative estimate of drug-likeness (QED) is 0.711. The lowest BCUT2D eigenvalue weighted by atomic mass is 10.1. The van der Waals surface area contributed by atoms with Gasteiger partial charge in [-0.05, 0) is 23.8 Å². The van der Waals surface area contributed by atoms with Crippen LogP contribution in [0.5, 0.6) is 11.5 Å². The number of carbonyl (C=O) groups is 1. The lowest BCUT2D eigenvalue weighted by Crippen LogP contribution is -2.06. The molecule has 0 aliphatic rings. The Hall–Kier alpha value is -1.16. The maximum Gasteiger partial charge on any atom is 0.176 e. The molecule has 4 heteroatoms. The first-order valence-electron chi connectivity index (χ1n) is 5.91. The zero-order chi connectivity index (χ0) is 13.5. The minimum atomic E-state index is 0.0974. The van der Waals surface area contributed by atoms with Crippen LogP contribution in [-0.4, -0.2) is 31.5 Å². The lowest BCUT2D eigenvalue weighted by molar-refractivity contribution is 0.101. The Bertz CT molecular complexity index is 402. The molecule has 0 bridgehead atoms. The molecule has 1 rings (SSSR count). The second-order valence-electron chi connectivity index (χ2n) is 4.40. The van der Waals surface area contributed by atoms with Crippen LogP contribution < -0.4 is 9.47 Å². The standard InChI is InChI=1S/C14H20O3S/c1-10(2)8-18-9-13(15)12-6-5-11(16-3)7-14(12)17-4/h5-7,10H,8-9H2,1-4H3. The summed E-state index contributed by atoms with van der Waals surface area (Å²) in [5, 5.41) is 0. The fraction of sp³-hybridized carbons (Fsp3) is 0.500. The number of benzene rings is 1. The molecule has 0 aliphatic heterocycles. The van der Waals surface area contributed by atoms with Crippen molar-refractivity contribution in [2.45, 2.75) is 13.8 Å². The highest BCUT2D eigenvalue weighted by molar-refractivity contribution is 7.99. The van der Waals surface area contributed by atoms with Gasteiger partial charge in [-0.25, -0.2) is 0 Å². The Morgan fingerprint density at radius 2 is 2.00 bits per heavy atom. The van der Waals surface area contributed by atoms with Gasteiger partial charge in [0.2, 0.25) is 0 Å². The number of carbonyl (C=O) groups excluding carboxylic acids is 1. The van der Waals surface area contributed by atoms with Crippen molar-refractivity contribution in [2.75, 3.05) is 25.7 Å². The number of methoxy groups -OCH3 is 2. The SMILES string of the molecule is COc1ccc(C(=O)CSCC(C)C)c(OC)c1. The molecule has 0 saturated carbocycles. The fourth-order valence-corrected chi connectivity index (χ4v) is 2.42. The van der Waals surface area contributed by atoms with Crippen molar-refractivity contribution in [3.63, 3.8) is 0 Å². The van der Waals surface area contributed by atoms with Crippen molar-refractivity contribution in [3.8, 4) is 11.5 Å². The summed E-state index contributed by atoms with van der Waals surface area (Å²) in [6, 6.07) is 5.28. The third kappa shape index (κ3) is 4.26. The lowest BCUT2D eigenvalue weighted by Gasteiger charge is -2.10. The molecule has 0 saturated heterocycles. The predicted molar refractivity (Wildman–Crippen MR) is 76.0 cm³/mol. The number of ether oxygens (including phenoxy) is 2. The summed E-state index contributed by atoms with van der Waals surface area (Å²) in [6.45, 7) is 4.29. The summed E-state index contributed by atoms with van der Waals surface area (Å²) in [6.07, 6.45) is 0. The molecular formula is C14H20O3S. The molecule has 0 spiro atoms. The largest absolute Gasteiger partial charge is 0.497 e. The molecule has 1 aromatic rings. The smallest absolute Gasteiger partial charge is 0.176 e. The van der Waals surface area contributed by atoms with E-state index < -0.39 is 0 Å². The molecule has 100 valence electrons. The van der Waals surface area contributed by atoms with E-state index in [1.165, 1.54) is 0 Å². The summed E-state index contributed by atoms with van der Waals surface area (Å²) in [5.41, 5.74) is 0.620. The third-order valence-electron chi connectivity index (χ3n) is 2.39. The second-order valence-corrected chi connectivity index (χ2v) is 5.43. The topological polar surface area (TPSA) is 35.5 Å². The molecule has 0 radical (unpaired) electrons. The van der Waals surface area contributed by atoms with E-state index in [-0.39, 0.29) is 5.78 Å². The van der Waals surface area contributed by atoms with Crippen LogP contribution in [0.1, 0.15) is 24.2 Å². The van der Waals surface area contributed by atoms with Crippen LogP contribution >= 0.6 is 11.8 Å². The van der Waals surface area contributed by atoms with E-state index in [2.05, 4.69) is 13.8 Å². The molecular weight excluding hydrogens is 248 g/mol. The molecule has 0 aliphatic carbocycles. The van der Waals surface area contributed by atoms with E-state index >= 15 is 0 Å². The Morgan fingerprint density at radius 1 is 1.28 bits per heavy atom. The van der Waals surface area contributed by atoms with Crippen LogP contribution in [0.25, 0.3) is 0 Å². The van der Waals surface area contributed by atoms with Crippen molar-refractivity contribution in [1.29, 1.82) is 0 Å². The Labute approximate surface area is 113 Å². The maximum absolute atomic E-state index is 12.1. The molecule has 0 N–H and O–H groups in total. The molecule has 0 fully saturated rings. The average Bonchev–Trinajstić information content (AvgIpc) is 2.37. The average molecular weight is 268 g/mol. The Morgan fingerprint density at radius 3 is 2.56 bits per heavy atom. The molecule has 0 aromatic heterocycles. The van der Waals surface area contributed by atoms with Gasteiger partial charge in [-0.2, -0.15) is 11.8 Å². The maximum atomic E-state index is 12.1. The minimum absolute atomic E-state index is 0.0974. The van der Waals surface area contributed by atoms with Crippen LogP contribution in [0, 0.1) is 5.92 Å². The third-order valence-corrected chi connectivity index (χ3v) is 3.76. The summed E-state index contributed by atoms with van der Waals surface area (Å²) >= 11 is 1.66. The van der Waals surface area contributed by atoms with E-state index in [4.69, 9.17) is 9.47 Å². The van der Waals surface area contributed by atoms with E-state index in [1.54, 1.807) is 44.2 Å². The number of rotatable bonds is 7. The van der Waals surface area contributed by atoms with E-state index in [0.717, 1.165) is 5.75 Å². The summed E-state index contributed by atoms with van der Waals surface area (Å²) in [4.78, 5) is 12.1. The van der Waals surface area contributed by atoms with Crippen LogP contribution in [0.15, 0.2) is 18.2 Å². The number of hydrogen-bond donors (Lipinski definition) is 0. The second kappa shape index (κ2) is 7.31. The van der Waals surface area contributed by atoms with Gasteiger partial charge in [0.05, 0.1) is 25.5 Å². The molecule has 0 atom stereocenters. The normalized spacial score (nSPS) is 10.5. The van der Waals surface area contributed by atoms with Gasteiger partial charge in [-0.15, -0.1) is 0 Å². The first-order valence-corrected chi connectivity index (χ1v) is 7.07. The van der Waals surface area contributed by atoms with Gasteiger partial charge in [0.15, 0.2) is 5.78 Å². The molecule has 1 aromatic carbocycles. The van der Waals surface area contributed by atoms with E-state index in [0.29, 0.717) is 28.7 Å². The highest BCUT2D eigenvalue weighted by atomic mass is 32.2. The first-order chi connectivity index (χ1) is 8.58. The van der Waals surface area contributed by atoms with Crippen molar-refractivity contribution in [1.82, 2.24) is 0 Å². The number of thioether (sulfide) groups is 1. The van der Waals surface area contributed by atoms with Gasteiger partial charge >= 0.3 is 0 Å².